The topological polar surface area (TPSA) is 16.1 Å². The van der Waals surface area contributed by atoms with E-state index in [1.54, 1.807) is 0 Å². The van der Waals surface area contributed by atoms with E-state index in [1.165, 1.54) is 63.6 Å². The highest BCUT2D eigenvalue weighted by atomic mass is 32.1. The summed E-state index contributed by atoms with van der Waals surface area (Å²) in [6.45, 7) is 0. The van der Waals surface area contributed by atoms with Gasteiger partial charge in [0.15, 0.2) is 0 Å². The molecule has 2 aromatic heterocycles. The Hall–Kier alpha value is -5.51. The van der Waals surface area contributed by atoms with Crippen molar-refractivity contribution in [1.82, 2.24) is 4.98 Å². The smallest absolute Gasteiger partial charge is 0.0476 e. The molecule has 2 heterocycles. The lowest BCUT2D eigenvalue weighted by Crippen LogP contribution is -2.09. The Bertz CT molecular complexity index is 2490. The van der Waals surface area contributed by atoms with Crippen molar-refractivity contribution < 1.29 is 0 Å². The summed E-state index contributed by atoms with van der Waals surface area (Å²) in [7, 11) is 0. The lowest BCUT2D eigenvalue weighted by Gasteiger charge is -2.26. The Morgan fingerprint density at radius 2 is 1.05 bits per heavy atom. The van der Waals surface area contributed by atoms with Crippen molar-refractivity contribution in [2.24, 2.45) is 0 Å². The van der Waals surface area contributed by atoms with E-state index in [4.69, 9.17) is 0 Å². The van der Waals surface area contributed by atoms with Gasteiger partial charge in [0, 0.05) is 49.6 Å². The predicted octanol–water partition coefficient (Wildman–Crippen LogP) is 12.0. The quantitative estimate of drug-likeness (QED) is 0.193. The van der Waals surface area contributed by atoms with E-state index in [-0.39, 0.29) is 0 Å². The average Bonchev–Trinajstić information content (AvgIpc) is 3.47. The fourth-order valence-corrected chi connectivity index (χ4v) is 7.68. The summed E-state index contributed by atoms with van der Waals surface area (Å²) in [5, 5.41) is 10.1. The maximum atomic E-state index is 4.39. The number of hydrogen-bond donors (Lipinski definition) is 0. The van der Waals surface area contributed by atoms with Gasteiger partial charge in [-0.05, 0) is 85.9 Å². The largest absolute Gasteiger partial charge is 0.310 e. The molecule has 0 spiro atoms. The first-order chi connectivity index (χ1) is 21.8. The van der Waals surface area contributed by atoms with Crippen LogP contribution >= 0.6 is 11.3 Å². The monoisotopic (exact) mass is 578 g/mol. The van der Waals surface area contributed by atoms with Gasteiger partial charge in [0.25, 0.3) is 0 Å². The maximum absolute atomic E-state index is 4.39. The van der Waals surface area contributed by atoms with Gasteiger partial charge >= 0.3 is 0 Å². The van der Waals surface area contributed by atoms with Crippen molar-refractivity contribution in [1.29, 1.82) is 0 Å². The van der Waals surface area contributed by atoms with Crippen LogP contribution in [0.3, 0.4) is 0 Å². The second-order valence-corrected chi connectivity index (χ2v) is 12.3. The summed E-state index contributed by atoms with van der Waals surface area (Å²) in [4.78, 5) is 6.78. The minimum atomic E-state index is 1.12. The molecule has 0 N–H and O–H groups in total. The Morgan fingerprint density at radius 1 is 0.409 bits per heavy atom. The first kappa shape index (κ1) is 25.0. The minimum absolute atomic E-state index is 1.12. The number of aromatic nitrogens is 1. The van der Waals surface area contributed by atoms with E-state index in [9.17, 15) is 0 Å². The fraction of sp³-hybridized carbons (Fsp3) is 0. The molecule has 0 amide bonds. The third kappa shape index (κ3) is 4.05. The molecule has 0 unspecified atom stereocenters. The van der Waals surface area contributed by atoms with E-state index in [2.05, 4.69) is 155 Å². The van der Waals surface area contributed by atoms with Gasteiger partial charge in [-0.3, -0.25) is 4.98 Å². The second kappa shape index (κ2) is 10.0. The number of pyridine rings is 1. The van der Waals surface area contributed by atoms with Crippen molar-refractivity contribution in [3.63, 3.8) is 0 Å². The van der Waals surface area contributed by atoms with Gasteiger partial charge in [0.1, 0.15) is 0 Å². The highest BCUT2D eigenvalue weighted by Crippen LogP contribution is 2.42. The Balaban J connectivity index is 1.25. The van der Waals surface area contributed by atoms with Crippen LogP contribution in [-0.2, 0) is 0 Å². The molecule has 0 aliphatic heterocycles. The molecule has 0 aliphatic rings. The molecule has 44 heavy (non-hydrogen) atoms. The van der Waals surface area contributed by atoms with E-state index in [0.29, 0.717) is 0 Å². The standard InChI is InChI=1S/C41H26N2S/c1-2-6-27(7-3-1)28-10-15-31(16-11-28)43(33-18-21-37-39-26-42-23-22-40(39)44-41(37)25-33)32-17-12-30-14-19-35-34-9-5-4-8-29(34)13-20-36(35)38(30)24-32/h1-26H. The summed E-state index contributed by atoms with van der Waals surface area (Å²) in [5.74, 6) is 0. The number of thiophene rings is 1. The number of nitrogens with zero attached hydrogens (tertiary/aromatic N) is 2. The summed E-state index contributed by atoms with van der Waals surface area (Å²) in [5.41, 5.74) is 5.81. The van der Waals surface area contributed by atoms with Crippen molar-refractivity contribution in [3.8, 4) is 11.1 Å². The third-order valence-electron chi connectivity index (χ3n) is 8.73. The van der Waals surface area contributed by atoms with Crippen molar-refractivity contribution in [2.45, 2.75) is 0 Å². The van der Waals surface area contributed by atoms with Crippen molar-refractivity contribution >= 4 is 80.9 Å². The maximum Gasteiger partial charge on any atom is 0.0476 e. The van der Waals surface area contributed by atoms with Crippen LogP contribution in [0.4, 0.5) is 17.1 Å². The Morgan fingerprint density at radius 3 is 1.91 bits per heavy atom. The number of rotatable bonds is 4. The molecule has 9 aromatic rings. The van der Waals surface area contributed by atoms with Gasteiger partial charge in [-0.15, -0.1) is 11.3 Å². The van der Waals surface area contributed by atoms with E-state index in [1.807, 2.05) is 23.7 Å². The Labute approximate surface area is 259 Å². The van der Waals surface area contributed by atoms with Crippen LogP contribution in [0.2, 0.25) is 0 Å². The number of hydrogen-bond acceptors (Lipinski definition) is 3. The van der Waals surface area contributed by atoms with Crippen LogP contribution in [0.25, 0.3) is 63.6 Å². The van der Waals surface area contributed by atoms with Gasteiger partial charge in [0.05, 0.1) is 0 Å². The minimum Gasteiger partial charge on any atom is -0.310 e. The molecule has 0 saturated carbocycles. The molecular weight excluding hydrogens is 553 g/mol. The van der Waals surface area contributed by atoms with Crippen molar-refractivity contribution in [2.75, 3.05) is 4.90 Å². The number of fused-ring (bicyclic) bond motifs is 8. The lowest BCUT2D eigenvalue weighted by atomic mass is 9.96. The molecule has 0 saturated heterocycles. The van der Waals surface area contributed by atoms with E-state index < -0.39 is 0 Å². The molecule has 2 nitrogen and oxygen atoms in total. The fourth-order valence-electron chi connectivity index (χ4n) is 6.57. The second-order valence-electron chi connectivity index (χ2n) is 11.3. The van der Waals surface area contributed by atoms with Crippen LogP contribution in [-0.4, -0.2) is 4.98 Å². The molecule has 0 fully saturated rings. The van der Waals surface area contributed by atoms with E-state index >= 15 is 0 Å². The van der Waals surface area contributed by atoms with Gasteiger partial charge in [-0.1, -0.05) is 103 Å². The normalized spacial score (nSPS) is 11.6. The Kier molecular flexibility index (Phi) is 5.71. The highest BCUT2D eigenvalue weighted by molar-refractivity contribution is 7.25. The molecule has 0 bridgehead atoms. The van der Waals surface area contributed by atoms with Crippen LogP contribution < -0.4 is 4.90 Å². The lowest BCUT2D eigenvalue weighted by molar-refractivity contribution is 1.30. The van der Waals surface area contributed by atoms with Crippen molar-refractivity contribution in [3.05, 3.63) is 158 Å². The zero-order valence-corrected chi connectivity index (χ0v) is 24.6. The molecular formula is C41H26N2S. The molecule has 9 rings (SSSR count). The van der Waals surface area contributed by atoms with Gasteiger partial charge in [-0.2, -0.15) is 0 Å². The van der Waals surface area contributed by atoms with Crippen LogP contribution in [0.5, 0.6) is 0 Å². The van der Waals surface area contributed by atoms with Gasteiger partial charge < -0.3 is 4.90 Å². The third-order valence-corrected chi connectivity index (χ3v) is 9.87. The molecule has 0 atom stereocenters. The molecule has 7 aromatic carbocycles. The SMILES string of the molecule is c1ccc(-c2ccc(N(c3ccc4c(c3)sc3ccncc34)c3ccc4ccc5c6ccccc6ccc5c4c3)cc2)cc1. The molecule has 0 radical (unpaired) electrons. The highest BCUT2D eigenvalue weighted by Gasteiger charge is 2.16. The van der Waals surface area contributed by atoms with Gasteiger partial charge in [0.2, 0.25) is 0 Å². The van der Waals surface area contributed by atoms with Crippen LogP contribution in [0, 0.1) is 0 Å². The number of benzene rings is 7. The predicted molar refractivity (Wildman–Crippen MR) is 190 cm³/mol. The number of anilines is 3. The van der Waals surface area contributed by atoms with Gasteiger partial charge in [-0.25, -0.2) is 0 Å². The summed E-state index contributed by atoms with van der Waals surface area (Å²) >= 11 is 1.82. The average molecular weight is 579 g/mol. The molecule has 3 heteroatoms. The zero-order chi connectivity index (χ0) is 29.0. The molecule has 0 aliphatic carbocycles. The molecule has 206 valence electrons. The van der Waals surface area contributed by atoms with Crippen LogP contribution in [0.1, 0.15) is 0 Å². The summed E-state index contributed by atoms with van der Waals surface area (Å²) in [6.07, 6.45) is 3.86. The summed E-state index contributed by atoms with van der Waals surface area (Å²) < 4.78 is 2.52. The first-order valence-electron chi connectivity index (χ1n) is 14.9. The summed E-state index contributed by atoms with van der Waals surface area (Å²) in [6, 6.07) is 53.0. The first-order valence-corrected chi connectivity index (χ1v) is 15.7. The van der Waals surface area contributed by atoms with Crippen LogP contribution in [0.15, 0.2) is 158 Å². The van der Waals surface area contributed by atoms with E-state index in [0.717, 1.165) is 17.1 Å². The zero-order valence-electron chi connectivity index (χ0n) is 23.8.